The van der Waals surface area contributed by atoms with Crippen LogP contribution in [0, 0.1) is 5.82 Å². The molecule has 166 valence electrons. The quantitative estimate of drug-likeness (QED) is 0.334. The van der Waals surface area contributed by atoms with Crippen molar-refractivity contribution in [1.29, 1.82) is 0 Å². The fourth-order valence-corrected chi connectivity index (χ4v) is 3.47. The Bertz CT molecular complexity index is 892. The van der Waals surface area contributed by atoms with E-state index >= 15 is 0 Å². The molecule has 1 aromatic heterocycles. The first-order valence-electron chi connectivity index (χ1n) is 9.38. The van der Waals surface area contributed by atoms with E-state index in [1.54, 1.807) is 0 Å². The van der Waals surface area contributed by atoms with Crippen LogP contribution in [0.25, 0.3) is 11.1 Å². The van der Waals surface area contributed by atoms with Crippen molar-refractivity contribution in [3.05, 3.63) is 47.5 Å². The molecule has 2 rings (SSSR count). The van der Waals surface area contributed by atoms with E-state index in [-0.39, 0.29) is 17.2 Å². The van der Waals surface area contributed by atoms with Gasteiger partial charge in [-0.25, -0.2) is 4.39 Å². The number of hydrogen-bond acceptors (Lipinski definition) is 3. The number of pyridine rings is 1. The van der Waals surface area contributed by atoms with Crippen molar-refractivity contribution >= 4 is 8.32 Å². The van der Waals surface area contributed by atoms with Crippen molar-refractivity contribution in [2.45, 2.75) is 65.0 Å². The lowest BCUT2D eigenvalue weighted by atomic mass is 10.0. The summed E-state index contributed by atoms with van der Waals surface area (Å²) in [5, 5.41) is -0.120. The maximum absolute atomic E-state index is 14.1. The molecule has 0 aliphatic rings. The van der Waals surface area contributed by atoms with Crippen LogP contribution in [0.4, 0.5) is 22.0 Å². The van der Waals surface area contributed by atoms with Gasteiger partial charge in [0.15, 0.2) is 19.9 Å². The van der Waals surface area contributed by atoms with Crippen LogP contribution < -0.4 is 4.74 Å². The van der Waals surface area contributed by atoms with Crippen molar-refractivity contribution in [2.75, 3.05) is 0 Å². The van der Waals surface area contributed by atoms with Crippen molar-refractivity contribution in [3.63, 3.8) is 0 Å². The van der Waals surface area contributed by atoms with E-state index < -0.39 is 38.1 Å². The van der Waals surface area contributed by atoms with Gasteiger partial charge < -0.3 is 9.16 Å². The van der Waals surface area contributed by atoms with Crippen molar-refractivity contribution < 1.29 is 31.1 Å². The second-order valence-electron chi connectivity index (χ2n) is 8.69. The van der Waals surface area contributed by atoms with E-state index in [1.165, 1.54) is 18.3 Å². The molecule has 0 aliphatic heterocycles. The molecule has 0 fully saturated rings. The van der Waals surface area contributed by atoms with Crippen LogP contribution >= 0.6 is 0 Å². The van der Waals surface area contributed by atoms with E-state index in [2.05, 4.69) is 9.72 Å². The smallest absolute Gasteiger partial charge is 0.387 e. The highest BCUT2D eigenvalue weighted by molar-refractivity contribution is 6.74. The van der Waals surface area contributed by atoms with Gasteiger partial charge in [0.25, 0.3) is 5.92 Å². The van der Waals surface area contributed by atoms with Gasteiger partial charge >= 0.3 is 6.61 Å². The van der Waals surface area contributed by atoms with Gasteiger partial charge in [0.2, 0.25) is 0 Å². The van der Waals surface area contributed by atoms with Gasteiger partial charge in [-0.05, 0) is 41.9 Å². The summed E-state index contributed by atoms with van der Waals surface area (Å²) >= 11 is 0. The summed E-state index contributed by atoms with van der Waals surface area (Å²) < 4.78 is 77.2. The predicted octanol–water partition coefficient (Wildman–Crippen LogP) is 7.12. The molecule has 3 nitrogen and oxygen atoms in total. The molecule has 0 unspecified atom stereocenters. The van der Waals surface area contributed by atoms with Crippen molar-refractivity contribution in [2.24, 2.45) is 0 Å². The van der Waals surface area contributed by atoms with Gasteiger partial charge in [0.05, 0.1) is 6.61 Å². The number of benzene rings is 1. The third-order valence-corrected chi connectivity index (χ3v) is 9.74. The summed E-state index contributed by atoms with van der Waals surface area (Å²) in [7, 11) is -2.23. The zero-order valence-corrected chi connectivity index (χ0v) is 18.8. The zero-order valence-electron chi connectivity index (χ0n) is 17.8. The Morgan fingerprint density at radius 2 is 1.67 bits per heavy atom. The van der Waals surface area contributed by atoms with Gasteiger partial charge in [-0.3, -0.25) is 4.98 Å². The Morgan fingerprint density at radius 1 is 1.03 bits per heavy atom. The van der Waals surface area contributed by atoms with E-state index in [0.29, 0.717) is 11.1 Å². The number of halogens is 5. The molecular weight excluding hydrogens is 421 g/mol. The van der Waals surface area contributed by atoms with Crippen LogP contribution in [-0.4, -0.2) is 19.9 Å². The fraction of sp³-hybridized carbons (Fsp3) is 0.476. The lowest BCUT2D eigenvalue weighted by Gasteiger charge is -2.36. The molecular formula is C21H26F5NO2Si. The molecule has 2 aromatic rings. The average molecular weight is 448 g/mol. The molecule has 1 aromatic carbocycles. The minimum atomic E-state index is -3.20. The third-order valence-electron chi connectivity index (χ3n) is 5.26. The van der Waals surface area contributed by atoms with E-state index in [9.17, 15) is 22.0 Å². The summed E-state index contributed by atoms with van der Waals surface area (Å²) in [6, 6.07) is 4.86. The Labute approximate surface area is 174 Å². The van der Waals surface area contributed by atoms with Gasteiger partial charge in [0, 0.05) is 24.2 Å². The molecule has 9 heteroatoms. The third kappa shape index (κ3) is 5.78. The van der Waals surface area contributed by atoms with E-state index in [0.717, 1.165) is 19.1 Å². The Kier molecular flexibility index (Phi) is 6.98. The summed E-state index contributed by atoms with van der Waals surface area (Å²) in [5.41, 5.74) is 0.427. The summed E-state index contributed by atoms with van der Waals surface area (Å²) in [6.45, 7) is 7.59. The lowest BCUT2D eigenvalue weighted by Crippen LogP contribution is -2.40. The highest BCUT2D eigenvalue weighted by Crippen LogP contribution is 2.38. The summed E-state index contributed by atoms with van der Waals surface area (Å²) in [4.78, 5) is 3.90. The fourth-order valence-electron chi connectivity index (χ4n) is 2.52. The van der Waals surface area contributed by atoms with E-state index in [4.69, 9.17) is 4.43 Å². The first-order valence-corrected chi connectivity index (χ1v) is 12.3. The molecule has 30 heavy (non-hydrogen) atoms. The monoisotopic (exact) mass is 447 g/mol. The molecule has 0 radical (unpaired) electrons. The SMILES string of the molecule is CC(F)(F)c1ncc(-c2ccc(F)c(OC(F)F)c2)cc1CO[Si](C)(C)C(C)(C)C. The normalized spacial score (nSPS) is 13.1. The van der Waals surface area contributed by atoms with Crippen molar-refractivity contribution in [1.82, 2.24) is 4.98 Å². The van der Waals surface area contributed by atoms with Gasteiger partial charge in [-0.15, -0.1) is 0 Å². The topological polar surface area (TPSA) is 31.4 Å². The van der Waals surface area contributed by atoms with Crippen molar-refractivity contribution in [3.8, 4) is 16.9 Å². The molecule has 0 saturated carbocycles. The molecule has 0 spiro atoms. The molecule has 0 N–H and O–H groups in total. The van der Waals surface area contributed by atoms with Crippen LogP contribution in [0.5, 0.6) is 5.75 Å². The first kappa shape index (κ1) is 24.3. The maximum Gasteiger partial charge on any atom is 0.387 e. The average Bonchev–Trinajstić information content (AvgIpc) is 2.59. The highest BCUT2D eigenvalue weighted by atomic mass is 28.4. The summed E-state index contributed by atoms with van der Waals surface area (Å²) in [6.07, 6.45) is 1.20. The lowest BCUT2D eigenvalue weighted by molar-refractivity contribution is -0.0521. The van der Waals surface area contributed by atoms with Crippen LogP contribution in [0.15, 0.2) is 30.5 Å². The standard InChI is InChI=1S/C21H26F5NO2Si/c1-20(2,3)30(5,6)28-12-15-9-14(11-27-18(15)21(4,25)26)13-7-8-16(22)17(10-13)29-19(23)24/h7-11,19H,12H2,1-6H3. The van der Waals surface area contributed by atoms with E-state index in [1.807, 2.05) is 33.9 Å². The number of aromatic nitrogens is 1. The largest absolute Gasteiger partial charge is 0.432 e. The minimum Gasteiger partial charge on any atom is -0.432 e. The number of nitrogens with zero attached hydrogens (tertiary/aromatic N) is 1. The molecule has 0 aliphatic carbocycles. The number of ether oxygens (including phenoxy) is 1. The van der Waals surface area contributed by atoms with Gasteiger partial charge in [0.1, 0.15) is 5.69 Å². The second kappa shape index (κ2) is 8.62. The molecule has 0 amide bonds. The van der Waals surface area contributed by atoms with Crippen LogP contribution in [-0.2, 0) is 17.0 Å². The molecule has 0 bridgehead atoms. The van der Waals surface area contributed by atoms with Crippen LogP contribution in [0.1, 0.15) is 39.0 Å². The number of rotatable bonds is 7. The Morgan fingerprint density at radius 3 is 2.20 bits per heavy atom. The number of hydrogen-bond donors (Lipinski definition) is 0. The summed E-state index contributed by atoms with van der Waals surface area (Å²) in [5.74, 6) is -4.78. The Balaban J connectivity index is 2.46. The predicted molar refractivity (Wildman–Crippen MR) is 108 cm³/mol. The minimum absolute atomic E-state index is 0.0717. The molecule has 0 saturated heterocycles. The first-order chi connectivity index (χ1) is 13.6. The van der Waals surface area contributed by atoms with Gasteiger partial charge in [-0.2, -0.15) is 17.6 Å². The number of alkyl halides is 4. The van der Waals surface area contributed by atoms with Crippen LogP contribution in [0.2, 0.25) is 18.1 Å². The maximum atomic E-state index is 14.1. The zero-order chi connectivity index (χ0) is 22.9. The highest BCUT2D eigenvalue weighted by Gasteiger charge is 2.38. The Hall–Kier alpha value is -2.00. The molecule has 0 atom stereocenters. The second-order valence-corrected chi connectivity index (χ2v) is 13.5. The van der Waals surface area contributed by atoms with Gasteiger partial charge in [-0.1, -0.05) is 26.8 Å². The van der Waals surface area contributed by atoms with Crippen LogP contribution in [0.3, 0.4) is 0 Å². The molecule has 1 heterocycles.